The summed E-state index contributed by atoms with van der Waals surface area (Å²) >= 11 is 0. The molecule has 0 saturated carbocycles. The summed E-state index contributed by atoms with van der Waals surface area (Å²) < 4.78 is 23.1. The zero-order valence-electron chi connectivity index (χ0n) is 44.3. The SMILES string of the molecule is CCCCCCCCCCCCC/C=C/C(O)C(CO[C@H]1O[C@H](CO)[C@H](O)[C@H](O)[C@H]1O[C@H]1O[C@H](CO)[C@H](O)[C@H](O)[C@H]1O)NC(=O)CCCCCCCCCCCCCCCCCCCCCCCCC. The van der Waals surface area contributed by atoms with E-state index in [1.54, 1.807) is 6.08 Å². The van der Waals surface area contributed by atoms with E-state index in [4.69, 9.17) is 18.9 Å². The lowest BCUT2D eigenvalue weighted by Gasteiger charge is -2.46. The predicted octanol–water partition coefficient (Wildman–Crippen LogP) is 9.11. The fourth-order valence-electron chi connectivity index (χ4n) is 9.74. The number of hydrogen-bond donors (Lipinski definition) is 9. The highest BCUT2D eigenvalue weighted by molar-refractivity contribution is 5.76. The van der Waals surface area contributed by atoms with Crippen molar-refractivity contribution in [3.8, 4) is 0 Å². The molecule has 12 atom stereocenters. The van der Waals surface area contributed by atoms with Crippen LogP contribution in [0.4, 0.5) is 0 Å². The monoisotopic (exact) mass is 1000 g/mol. The van der Waals surface area contributed by atoms with E-state index in [9.17, 15) is 45.6 Å². The van der Waals surface area contributed by atoms with Crippen molar-refractivity contribution >= 4 is 5.91 Å². The Balaban J connectivity index is 1.79. The first kappa shape index (κ1) is 64.8. The Labute approximate surface area is 425 Å². The maximum absolute atomic E-state index is 13.3. The zero-order chi connectivity index (χ0) is 51.0. The smallest absolute Gasteiger partial charge is 0.220 e. The van der Waals surface area contributed by atoms with Crippen LogP contribution in [0.3, 0.4) is 0 Å². The first-order valence-electron chi connectivity index (χ1n) is 28.9. The molecule has 0 aromatic heterocycles. The van der Waals surface area contributed by atoms with Gasteiger partial charge in [0.05, 0.1) is 32.0 Å². The molecule has 14 heteroatoms. The Hall–Kier alpha value is -1.27. The number of rotatable bonds is 46. The number of allylic oxidation sites excluding steroid dienone is 1. The molecule has 0 spiro atoms. The van der Waals surface area contributed by atoms with E-state index < -0.39 is 86.8 Å². The van der Waals surface area contributed by atoms with Gasteiger partial charge in [0, 0.05) is 6.42 Å². The number of carbonyl (C=O) groups excluding carboxylic acids is 1. The van der Waals surface area contributed by atoms with Crippen molar-refractivity contribution in [1.82, 2.24) is 5.32 Å². The molecule has 0 radical (unpaired) electrons. The number of aliphatic hydroxyl groups is 8. The summed E-state index contributed by atoms with van der Waals surface area (Å²) in [7, 11) is 0. The zero-order valence-corrected chi connectivity index (χ0v) is 44.3. The van der Waals surface area contributed by atoms with Gasteiger partial charge in [-0.1, -0.05) is 231 Å². The molecule has 2 rings (SSSR count). The lowest BCUT2D eigenvalue weighted by atomic mass is 9.97. The molecule has 70 heavy (non-hydrogen) atoms. The summed E-state index contributed by atoms with van der Waals surface area (Å²) in [6.07, 6.45) is 30.7. The number of ether oxygens (including phenoxy) is 4. The van der Waals surface area contributed by atoms with E-state index in [2.05, 4.69) is 19.2 Å². The molecule has 0 aromatic carbocycles. The average Bonchev–Trinajstić information content (AvgIpc) is 3.36. The molecular formula is C56H107NO13. The van der Waals surface area contributed by atoms with Gasteiger partial charge < -0.3 is 65.1 Å². The van der Waals surface area contributed by atoms with Crippen LogP contribution in [0.5, 0.6) is 0 Å². The van der Waals surface area contributed by atoms with Crippen LogP contribution >= 0.6 is 0 Å². The second kappa shape index (κ2) is 43.0. The molecule has 2 fully saturated rings. The van der Waals surface area contributed by atoms with Crippen molar-refractivity contribution in [2.24, 2.45) is 0 Å². The summed E-state index contributed by atoms with van der Waals surface area (Å²) in [6, 6.07) is -0.946. The summed E-state index contributed by atoms with van der Waals surface area (Å²) in [5.41, 5.74) is 0. The molecule has 1 amide bonds. The first-order valence-corrected chi connectivity index (χ1v) is 28.9. The Morgan fingerprint density at radius 2 is 0.871 bits per heavy atom. The highest BCUT2D eigenvalue weighted by Crippen LogP contribution is 2.30. The summed E-state index contributed by atoms with van der Waals surface area (Å²) in [5, 5.41) is 86.9. The van der Waals surface area contributed by atoms with Crippen LogP contribution in [0.15, 0.2) is 12.2 Å². The number of hydrogen-bond acceptors (Lipinski definition) is 13. The van der Waals surface area contributed by atoms with E-state index >= 15 is 0 Å². The number of carbonyl (C=O) groups is 1. The maximum Gasteiger partial charge on any atom is 0.220 e. The van der Waals surface area contributed by atoms with Crippen molar-refractivity contribution in [3.63, 3.8) is 0 Å². The summed E-state index contributed by atoms with van der Waals surface area (Å²) in [4.78, 5) is 13.3. The quantitative estimate of drug-likeness (QED) is 0.0205. The number of amides is 1. The minimum Gasteiger partial charge on any atom is -0.394 e. The highest BCUT2D eigenvalue weighted by atomic mass is 16.8. The van der Waals surface area contributed by atoms with Gasteiger partial charge in [-0.3, -0.25) is 4.79 Å². The standard InChI is InChI=1S/C56H107NO13/c1-3-5-7-9-11-13-15-17-18-19-20-21-22-23-24-25-26-28-30-32-34-36-38-40-48(61)57-44(45(60)39-37-35-33-31-29-27-16-14-12-10-8-6-4-2)43-67-56-54(52(65)50(63)47(42-59)69-56)70-55-53(66)51(64)49(62)46(41-58)68-55/h37,39,44-47,49-56,58-60,62-66H,3-36,38,40-43H2,1-2H3,(H,57,61)/b39-37+/t44?,45?,46-,47-,49+,50+,51+,52+,53-,54-,55-,56+/m1/s1. The lowest BCUT2D eigenvalue weighted by Crippen LogP contribution is -2.65. The molecule has 0 bridgehead atoms. The Kier molecular flexibility index (Phi) is 39.9. The second-order valence-corrected chi connectivity index (χ2v) is 20.8. The van der Waals surface area contributed by atoms with Crippen LogP contribution in [0.1, 0.15) is 245 Å². The van der Waals surface area contributed by atoms with Crippen molar-refractivity contribution in [3.05, 3.63) is 12.2 Å². The number of aliphatic hydroxyl groups excluding tert-OH is 8. The van der Waals surface area contributed by atoms with Crippen LogP contribution in [0.25, 0.3) is 0 Å². The van der Waals surface area contributed by atoms with Crippen molar-refractivity contribution < 1.29 is 64.6 Å². The molecule has 2 heterocycles. The molecule has 9 N–H and O–H groups in total. The van der Waals surface area contributed by atoms with Gasteiger partial charge in [-0.2, -0.15) is 0 Å². The minimum absolute atomic E-state index is 0.253. The van der Waals surface area contributed by atoms with Gasteiger partial charge in [-0.25, -0.2) is 0 Å². The predicted molar refractivity (Wildman–Crippen MR) is 277 cm³/mol. The molecule has 2 saturated heterocycles. The van der Waals surface area contributed by atoms with Crippen LogP contribution in [-0.2, 0) is 23.7 Å². The van der Waals surface area contributed by atoms with Gasteiger partial charge in [-0.15, -0.1) is 0 Å². The number of unbranched alkanes of at least 4 members (excludes halogenated alkanes) is 33. The fourth-order valence-corrected chi connectivity index (χ4v) is 9.74. The van der Waals surface area contributed by atoms with E-state index in [1.165, 1.54) is 180 Å². The van der Waals surface area contributed by atoms with E-state index in [-0.39, 0.29) is 18.9 Å². The van der Waals surface area contributed by atoms with Crippen molar-refractivity contribution in [2.45, 2.75) is 319 Å². The van der Waals surface area contributed by atoms with Gasteiger partial charge in [-0.05, 0) is 19.3 Å². The van der Waals surface area contributed by atoms with Crippen LogP contribution < -0.4 is 5.32 Å². The normalized spacial score (nSPS) is 26.0. The number of nitrogens with one attached hydrogen (secondary N) is 1. The first-order chi connectivity index (χ1) is 34.1. The van der Waals surface area contributed by atoms with Gasteiger partial charge in [0.25, 0.3) is 0 Å². The summed E-state index contributed by atoms with van der Waals surface area (Å²) in [5.74, 6) is -0.253. The maximum atomic E-state index is 13.3. The van der Waals surface area contributed by atoms with Gasteiger partial charge in [0.1, 0.15) is 48.8 Å². The van der Waals surface area contributed by atoms with Crippen LogP contribution in [-0.4, -0.2) is 140 Å². The third kappa shape index (κ3) is 29.0. The molecule has 0 aromatic rings. The Morgan fingerprint density at radius 1 is 0.500 bits per heavy atom. The van der Waals surface area contributed by atoms with Crippen LogP contribution in [0.2, 0.25) is 0 Å². The molecular weight excluding hydrogens is 895 g/mol. The average molecular weight is 1000 g/mol. The largest absolute Gasteiger partial charge is 0.394 e. The summed E-state index contributed by atoms with van der Waals surface area (Å²) in [6.45, 7) is 2.79. The molecule has 2 aliphatic heterocycles. The second-order valence-electron chi connectivity index (χ2n) is 20.8. The topological polar surface area (TPSA) is 228 Å². The van der Waals surface area contributed by atoms with E-state index in [0.29, 0.717) is 6.42 Å². The molecule has 2 aliphatic rings. The molecule has 14 nitrogen and oxygen atoms in total. The van der Waals surface area contributed by atoms with Gasteiger partial charge in [0.15, 0.2) is 12.6 Å². The highest BCUT2D eigenvalue weighted by Gasteiger charge is 2.51. The van der Waals surface area contributed by atoms with Crippen molar-refractivity contribution in [1.29, 1.82) is 0 Å². The Bertz CT molecular complexity index is 1230. The molecule has 0 aliphatic carbocycles. The van der Waals surface area contributed by atoms with E-state index in [1.807, 2.05) is 6.08 Å². The minimum atomic E-state index is -1.81. The molecule has 414 valence electrons. The van der Waals surface area contributed by atoms with Gasteiger partial charge >= 0.3 is 0 Å². The fraction of sp³-hybridized carbons (Fsp3) is 0.946. The third-order valence-electron chi connectivity index (χ3n) is 14.5. The van der Waals surface area contributed by atoms with E-state index in [0.717, 1.165) is 38.5 Å². The Morgan fingerprint density at radius 3 is 1.29 bits per heavy atom. The van der Waals surface area contributed by atoms with Crippen molar-refractivity contribution in [2.75, 3.05) is 19.8 Å². The molecule has 2 unspecified atom stereocenters. The van der Waals surface area contributed by atoms with Gasteiger partial charge in [0.2, 0.25) is 5.91 Å². The third-order valence-corrected chi connectivity index (χ3v) is 14.5. The van der Waals surface area contributed by atoms with Crippen LogP contribution in [0, 0.1) is 0 Å². The lowest BCUT2D eigenvalue weighted by molar-refractivity contribution is -0.367.